The lowest BCUT2D eigenvalue weighted by Crippen LogP contribution is -2.46. The summed E-state index contributed by atoms with van der Waals surface area (Å²) in [5, 5.41) is 16.9. The number of hydrogen-bond donors (Lipinski definition) is 2. The molecule has 9 heteroatoms. The van der Waals surface area contributed by atoms with Crippen LogP contribution >= 0.6 is 0 Å². The Hall–Kier alpha value is -3.88. The zero-order valence-corrected chi connectivity index (χ0v) is 14.6. The second-order valence-electron chi connectivity index (χ2n) is 5.78. The van der Waals surface area contributed by atoms with Crippen molar-refractivity contribution in [1.29, 1.82) is 0 Å². The molecular formula is C19H16N3O6-. The molecule has 144 valence electrons. The summed E-state index contributed by atoms with van der Waals surface area (Å²) >= 11 is 0. The van der Waals surface area contributed by atoms with E-state index in [0.717, 1.165) is 0 Å². The first kappa shape index (κ1) is 18.9. The molecule has 1 atom stereocenters. The Balaban J connectivity index is 1.43. The van der Waals surface area contributed by atoms with Crippen molar-refractivity contribution in [3.8, 4) is 11.5 Å². The highest BCUT2D eigenvalue weighted by Gasteiger charge is 2.27. The Morgan fingerprint density at radius 2 is 1.82 bits per heavy atom. The predicted molar refractivity (Wildman–Crippen MR) is 95.9 cm³/mol. The van der Waals surface area contributed by atoms with Crippen LogP contribution in [0.4, 0.5) is 0 Å². The molecule has 0 unspecified atom stereocenters. The Morgan fingerprint density at radius 3 is 2.54 bits per heavy atom. The van der Waals surface area contributed by atoms with Gasteiger partial charge in [-0.1, -0.05) is 36.4 Å². The molecule has 9 nitrogen and oxygen atoms in total. The van der Waals surface area contributed by atoms with E-state index in [1.54, 1.807) is 24.3 Å². The van der Waals surface area contributed by atoms with Crippen LogP contribution in [0, 0.1) is 0 Å². The zero-order chi connectivity index (χ0) is 19.9. The molecule has 2 amide bonds. The molecule has 0 saturated carbocycles. The van der Waals surface area contributed by atoms with E-state index in [1.807, 2.05) is 0 Å². The normalized spacial score (nSPS) is 15.1. The van der Waals surface area contributed by atoms with Gasteiger partial charge in [-0.25, -0.2) is 5.43 Å². The first-order valence-electron chi connectivity index (χ1n) is 8.32. The molecule has 28 heavy (non-hydrogen) atoms. The average Bonchev–Trinajstić information content (AvgIpc) is 2.72. The van der Waals surface area contributed by atoms with Crippen LogP contribution in [0.1, 0.15) is 15.9 Å². The largest absolute Gasteiger partial charge is 0.545 e. The molecular weight excluding hydrogens is 366 g/mol. The average molecular weight is 382 g/mol. The molecule has 0 aromatic heterocycles. The van der Waals surface area contributed by atoms with Gasteiger partial charge in [-0.3, -0.25) is 9.59 Å². The Morgan fingerprint density at radius 1 is 1.11 bits per heavy atom. The number of carbonyl (C=O) groups is 3. The molecule has 0 aliphatic carbocycles. The molecule has 1 aliphatic heterocycles. The van der Waals surface area contributed by atoms with Gasteiger partial charge in [-0.15, -0.1) is 0 Å². The first-order chi connectivity index (χ1) is 13.5. The molecule has 3 rings (SSSR count). The van der Waals surface area contributed by atoms with Crippen LogP contribution in [0.3, 0.4) is 0 Å². The standard InChI is InChI=1S/C19H17N3O6/c23-17(22-21-9-12-5-7-13(8-6-12)19(25)26)10-20-18(24)16-11-27-14-3-1-2-4-15(14)28-16/h1-9,16H,10-11H2,(H,20,24)(H,22,23)(H,25,26)/p-1/t16-/m0/s1. The SMILES string of the molecule is O=C(CNC(=O)[C@@H]1COc2ccccc2O1)NN=Cc1ccc(C(=O)[O-])cc1. The Labute approximate surface area is 160 Å². The van der Waals surface area contributed by atoms with Crippen LogP contribution in [-0.4, -0.2) is 43.3 Å². The van der Waals surface area contributed by atoms with Crippen molar-refractivity contribution in [2.45, 2.75) is 6.10 Å². The van der Waals surface area contributed by atoms with Crippen LogP contribution in [0.2, 0.25) is 0 Å². The summed E-state index contributed by atoms with van der Waals surface area (Å²) in [7, 11) is 0. The Kier molecular flexibility index (Phi) is 5.85. The third kappa shape index (κ3) is 4.85. The highest BCUT2D eigenvalue weighted by molar-refractivity contribution is 5.89. The van der Waals surface area contributed by atoms with Crippen LogP contribution in [-0.2, 0) is 9.59 Å². The summed E-state index contributed by atoms with van der Waals surface area (Å²) in [4.78, 5) is 34.5. The fraction of sp³-hybridized carbons (Fsp3) is 0.158. The number of hydrazone groups is 1. The lowest BCUT2D eigenvalue weighted by molar-refractivity contribution is -0.255. The molecule has 0 saturated heterocycles. The quantitative estimate of drug-likeness (QED) is 0.510. The second kappa shape index (κ2) is 8.67. The van der Waals surface area contributed by atoms with Gasteiger partial charge in [-0.2, -0.15) is 5.10 Å². The van der Waals surface area contributed by atoms with E-state index in [4.69, 9.17) is 9.47 Å². The lowest BCUT2D eigenvalue weighted by atomic mass is 10.1. The van der Waals surface area contributed by atoms with E-state index in [-0.39, 0.29) is 18.7 Å². The number of nitrogens with one attached hydrogen (secondary N) is 2. The van der Waals surface area contributed by atoms with Gasteiger partial charge in [0.15, 0.2) is 11.5 Å². The van der Waals surface area contributed by atoms with Crippen molar-refractivity contribution in [1.82, 2.24) is 10.7 Å². The monoisotopic (exact) mass is 382 g/mol. The minimum absolute atomic E-state index is 0.0421. The number of amides is 2. The number of fused-ring (bicyclic) bond motifs is 1. The number of ether oxygens (including phenoxy) is 2. The predicted octanol–water partition coefficient (Wildman–Crippen LogP) is -0.544. The maximum Gasteiger partial charge on any atom is 0.265 e. The van der Waals surface area contributed by atoms with Crippen molar-refractivity contribution in [2.24, 2.45) is 5.10 Å². The minimum Gasteiger partial charge on any atom is -0.545 e. The van der Waals surface area contributed by atoms with Gasteiger partial charge in [0.2, 0.25) is 6.10 Å². The van der Waals surface area contributed by atoms with Crippen LogP contribution < -0.4 is 25.3 Å². The van der Waals surface area contributed by atoms with Gasteiger partial charge >= 0.3 is 0 Å². The second-order valence-corrected chi connectivity index (χ2v) is 5.78. The van der Waals surface area contributed by atoms with Crippen molar-refractivity contribution in [3.05, 3.63) is 59.7 Å². The fourth-order valence-electron chi connectivity index (χ4n) is 2.35. The summed E-state index contributed by atoms with van der Waals surface area (Å²) in [6.45, 7) is -0.244. The summed E-state index contributed by atoms with van der Waals surface area (Å²) in [6.07, 6.45) is 0.488. The number of carboxylic acid groups (broad SMARTS) is 1. The first-order valence-corrected chi connectivity index (χ1v) is 8.32. The zero-order valence-electron chi connectivity index (χ0n) is 14.6. The molecule has 2 aromatic rings. The maximum atomic E-state index is 12.1. The summed E-state index contributed by atoms with van der Waals surface area (Å²) in [6, 6.07) is 12.7. The molecule has 0 fully saturated rings. The smallest absolute Gasteiger partial charge is 0.265 e. The minimum atomic E-state index is -1.27. The summed E-state index contributed by atoms with van der Waals surface area (Å²) in [5.74, 6) is -1.26. The molecule has 2 aromatic carbocycles. The number of benzene rings is 2. The molecule has 0 radical (unpaired) electrons. The number of hydrogen-bond acceptors (Lipinski definition) is 7. The van der Waals surface area contributed by atoms with Gasteiger partial charge in [0.25, 0.3) is 11.8 Å². The van der Waals surface area contributed by atoms with Gasteiger partial charge in [0, 0.05) is 0 Å². The van der Waals surface area contributed by atoms with Crippen molar-refractivity contribution < 1.29 is 29.0 Å². The topological polar surface area (TPSA) is 129 Å². The number of nitrogens with zero attached hydrogens (tertiary/aromatic N) is 1. The van der Waals surface area contributed by atoms with Gasteiger partial charge in [0.1, 0.15) is 6.61 Å². The number of aromatic carboxylic acids is 1. The highest BCUT2D eigenvalue weighted by Crippen LogP contribution is 2.30. The van der Waals surface area contributed by atoms with Crippen LogP contribution in [0.15, 0.2) is 53.6 Å². The lowest BCUT2D eigenvalue weighted by Gasteiger charge is -2.25. The van der Waals surface area contributed by atoms with E-state index in [0.29, 0.717) is 17.1 Å². The van der Waals surface area contributed by atoms with E-state index in [9.17, 15) is 19.5 Å². The Bertz CT molecular complexity index is 910. The van der Waals surface area contributed by atoms with Crippen LogP contribution in [0.25, 0.3) is 0 Å². The van der Waals surface area contributed by atoms with E-state index in [2.05, 4.69) is 15.8 Å². The molecule has 0 spiro atoms. The van der Waals surface area contributed by atoms with Gasteiger partial charge in [0.05, 0.1) is 18.7 Å². The number of carboxylic acids is 1. The third-order valence-corrected chi connectivity index (χ3v) is 3.77. The van der Waals surface area contributed by atoms with E-state index >= 15 is 0 Å². The van der Waals surface area contributed by atoms with Gasteiger partial charge < -0.3 is 24.7 Å². The fourth-order valence-corrected chi connectivity index (χ4v) is 2.35. The molecule has 2 N–H and O–H groups in total. The van der Waals surface area contributed by atoms with E-state index in [1.165, 1.54) is 30.5 Å². The van der Waals surface area contributed by atoms with Crippen molar-refractivity contribution in [3.63, 3.8) is 0 Å². The summed E-state index contributed by atoms with van der Waals surface area (Å²) in [5.41, 5.74) is 2.88. The van der Waals surface area contributed by atoms with Crippen LogP contribution in [0.5, 0.6) is 11.5 Å². The van der Waals surface area contributed by atoms with Gasteiger partial charge in [-0.05, 0) is 23.3 Å². The molecule has 0 bridgehead atoms. The maximum absolute atomic E-state index is 12.1. The van der Waals surface area contributed by atoms with E-state index < -0.39 is 23.9 Å². The number of carbonyl (C=O) groups excluding carboxylic acids is 3. The molecule has 1 heterocycles. The van der Waals surface area contributed by atoms with Crippen molar-refractivity contribution in [2.75, 3.05) is 13.2 Å². The molecule has 1 aliphatic rings. The summed E-state index contributed by atoms with van der Waals surface area (Å²) < 4.78 is 11.0. The number of rotatable bonds is 6. The van der Waals surface area contributed by atoms with Crippen molar-refractivity contribution >= 4 is 24.0 Å². The number of para-hydroxylation sites is 2. The highest BCUT2D eigenvalue weighted by atomic mass is 16.6. The third-order valence-electron chi connectivity index (χ3n) is 3.77.